The minimum atomic E-state index is -0.0930. The van der Waals surface area contributed by atoms with E-state index in [0.29, 0.717) is 6.61 Å². The van der Waals surface area contributed by atoms with Crippen molar-refractivity contribution in [2.24, 2.45) is 0 Å². The van der Waals surface area contributed by atoms with E-state index in [4.69, 9.17) is 9.47 Å². The van der Waals surface area contributed by atoms with Gasteiger partial charge in [0, 0.05) is 25.6 Å². The molecule has 1 aliphatic rings. The van der Waals surface area contributed by atoms with Crippen LogP contribution in [0.2, 0.25) is 0 Å². The van der Waals surface area contributed by atoms with Crippen LogP contribution in [0.15, 0.2) is 24.5 Å². The summed E-state index contributed by atoms with van der Waals surface area (Å²) in [6.07, 6.45) is 8.43. The second kappa shape index (κ2) is 7.88. The third kappa shape index (κ3) is 4.62. The fraction of sp³-hybridized carbons (Fsp3) is 0.600. The molecule has 0 bridgehead atoms. The number of pyridine rings is 1. The molecule has 0 unspecified atom stereocenters. The van der Waals surface area contributed by atoms with Gasteiger partial charge in [-0.1, -0.05) is 6.07 Å². The lowest BCUT2D eigenvalue weighted by Gasteiger charge is -2.22. The Balaban J connectivity index is 1.68. The van der Waals surface area contributed by atoms with Crippen molar-refractivity contribution in [1.29, 1.82) is 5.26 Å². The van der Waals surface area contributed by atoms with Gasteiger partial charge in [-0.3, -0.25) is 4.98 Å². The Labute approximate surface area is 114 Å². The summed E-state index contributed by atoms with van der Waals surface area (Å²) >= 11 is 0. The van der Waals surface area contributed by atoms with Crippen molar-refractivity contribution in [3.8, 4) is 6.07 Å². The third-order valence-electron chi connectivity index (χ3n) is 3.32. The molecule has 0 radical (unpaired) electrons. The number of nitrogens with zero attached hydrogens (tertiary/aromatic N) is 2. The van der Waals surface area contributed by atoms with Gasteiger partial charge in [-0.25, -0.2) is 0 Å². The van der Waals surface area contributed by atoms with Gasteiger partial charge in [-0.2, -0.15) is 5.26 Å². The summed E-state index contributed by atoms with van der Waals surface area (Å²) < 4.78 is 11.2. The molecule has 4 nitrogen and oxygen atoms in total. The molecular formula is C15H20N2O2. The zero-order chi connectivity index (χ0) is 13.3. The van der Waals surface area contributed by atoms with Crippen LogP contribution in [0.4, 0.5) is 0 Å². The van der Waals surface area contributed by atoms with E-state index < -0.39 is 0 Å². The maximum atomic E-state index is 9.18. The number of ether oxygens (including phenoxy) is 2. The Hall–Kier alpha value is -1.44. The minimum absolute atomic E-state index is 0.0346. The fourth-order valence-corrected chi connectivity index (χ4v) is 2.23. The number of hydrogen-bond donors (Lipinski definition) is 0. The van der Waals surface area contributed by atoms with Gasteiger partial charge < -0.3 is 9.47 Å². The molecule has 102 valence electrons. The Morgan fingerprint density at radius 3 is 3.16 bits per heavy atom. The maximum absolute atomic E-state index is 9.18. The van der Waals surface area contributed by atoms with Crippen molar-refractivity contribution in [3.63, 3.8) is 0 Å². The van der Waals surface area contributed by atoms with Crippen molar-refractivity contribution in [2.75, 3.05) is 13.2 Å². The predicted octanol–water partition coefficient (Wildman–Crippen LogP) is 3.01. The van der Waals surface area contributed by atoms with Crippen molar-refractivity contribution >= 4 is 0 Å². The van der Waals surface area contributed by atoms with Gasteiger partial charge in [-0.15, -0.1) is 0 Å². The van der Waals surface area contributed by atoms with Crippen LogP contribution in [0, 0.1) is 11.3 Å². The van der Waals surface area contributed by atoms with Crippen LogP contribution >= 0.6 is 0 Å². The molecule has 2 rings (SSSR count). The van der Waals surface area contributed by atoms with Crippen LogP contribution in [-0.4, -0.2) is 24.5 Å². The maximum Gasteiger partial charge on any atom is 0.157 e. The van der Waals surface area contributed by atoms with Gasteiger partial charge in [0.05, 0.1) is 12.0 Å². The van der Waals surface area contributed by atoms with Crippen molar-refractivity contribution < 1.29 is 9.47 Å². The van der Waals surface area contributed by atoms with E-state index >= 15 is 0 Å². The molecule has 0 N–H and O–H groups in total. The summed E-state index contributed by atoms with van der Waals surface area (Å²) in [5.41, 5.74) is 0.985. The van der Waals surface area contributed by atoms with Crippen LogP contribution in [0.3, 0.4) is 0 Å². The van der Waals surface area contributed by atoms with Crippen LogP contribution in [0.5, 0.6) is 0 Å². The molecular weight excluding hydrogens is 240 g/mol. The van der Waals surface area contributed by atoms with E-state index in [-0.39, 0.29) is 12.2 Å². The zero-order valence-electron chi connectivity index (χ0n) is 11.1. The quantitative estimate of drug-likeness (QED) is 0.738. The molecule has 1 aromatic heterocycles. The van der Waals surface area contributed by atoms with Crippen LogP contribution in [0.1, 0.15) is 43.6 Å². The van der Waals surface area contributed by atoms with Gasteiger partial charge in [0.1, 0.15) is 0 Å². The molecule has 0 spiro atoms. The SMILES string of the molecule is N#C[C@@H](CCCO[C@H]1CCCCO1)c1cccnc1. The molecule has 1 fully saturated rings. The molecule has 2 heterocycles. The number of nitriles is 1. The van der Waals surface area contributed by atoms with E-state index in [9.17, 15) is 5.26 Å². The monoisotopic (exact) mass is 260 g/mol. The molecule has 1 aliphatic heterocycles. The van der Waals surface area contributed by atoms with Crippen LogP contribution < -0.4 is 0 Å². The first-order chi connectivity index (χ1) is 9.40. The molecule has 0 amide bonds. The topological polar surface area (TPSA) is 55.1 Å². The average Bonchev–Trinajstić information content (AvgIpc) is 2.49. The van der Waals surface area contributed by atoms with Crippen LogP contribution in [0.25, 0.3) is 0 Å². The summed E-state index contributed by atoms with van der Waals surface area (Å²) in [5.74, 6) is -0.0930. The van der Waals surface area contributed by atoms with E-state index in [2.05, 4.69) is 11.1 Å². The highest BCUT2D eigenvalue weighted by Gasteiger charge is 2.14. The molecule has 0 saturated carbocycles. The number of hydrogen-bond acceptors (Lipinski definition) is 4. The third-order valence-corrected chi connectivity index (χ3v) is 3.32. The predicted molar refractivity (Wildman–Crippen MR) is 71.4 cm³/mol. The lowest BCUT2D eigenvalue weighted by molar-refractivity contribution is -0.162. The summed E-state index contributed by atoms with van der Waals surface area (Å²) in [6, 6.07) is 6.15. The highest BCUT2D eigenvalue weighted by molar-refractivity contribution is 5.20. The molecule has 0 aromatic carbocycles. The fourth-order valence-electron chi connectivity index (χ4n) is 2.23. The zero-order valence-corrected chi connectivity index (χ0v) is 11.1. The smallest absolute Gasteiger partial charge is 0.157 e. The minimum Gasteiger partial charge on any atom is -0.353 e. The van der Waals surface area contributed by atoms with Gasteiger partial charge >= 0.3 is 0 Å². The Bertz CT molecular complexity index is 396. The van der Waals surface area contributed by atoms with Crippen molar-refractivity contribution in [1.82, 2.24) is 4.98 Å². The van der Waals surface area contributed by atoms with Gasteiger partial charge in [0.2, 0.25) is 0 Å². The van der Waals surface area contributed by atoms with Gasteiger partial charge in [0.25, 0.3) is 0 Å². The first kappa shape index (κ1) is 14.0. The summed E-state index contributed by atoms with van der Waals surface area (Å²) in [4.78, 5) is 4.05. The Morgan fingerprint density at radius 1 is 1.53 bits per heavy atom. The summed E-state index contributed by atoms with van der Waals surface area (Å²) in [7, 11) is 0. The first-order valence-corrected chi connectivity index (χ1v) is 6.93. The molecule has 4 heteroatoms. The second-order valence-electron chi connectivity index (χ2n) is 4.78. The van der Waals surface area contributed by atoms with E-state index in [1.807, 2.05) is 12.1 Å². The molecule has 0 aliphatic carbocycles. The Morgan fingerprint density at radius 2 is 2.47 bits per heavy atom. The van der Waals surface area contributed by atoms with Crippen molar-refractivity contribution in [3.05, 3.63) is 30.1 Å². The Kier molecular flexibility index (Phi) is 5.80. The lowest BCUT2D eigenvalue weighted by Crippen LogP contribution is -2.22. The van der Waals surface area contributed by atoms with E-state index in [1.54, 1.807) is 12.4 Å². The van der Waals surface area contributed by atoms with Crippen molar-refractivity contribution in [2.45, 2.75) is 44.3 Å². The average molecular weight is 260 g/mol. The molecule has 1 aromatic rings. The normalized spacial score (nSPS) is 20.7. The summed E-state index contributed by atoms with van der Waals surface area (Å²) in [5, 5.41) is 9.18. The summed E-state index contributed by atoms with van der Waals surface area (Å²) in [6.45, 7) is 1.46. The van der Waals surface area contributed by atoms with E-state index in [1.165, 1.54) is 6.42 Å². The molecule has 2 atom stereocenters. The molecule has 1 saturated heterocycles. The largest absolute Gasteiger partial charge is 0.353 e. The van der Waals surface area contributed by atoms with Crippen LogP contribution in [-0.2, 0) is 9.47 Å². The van der Waals surface area contributed by atoms with E-state index in [0.717, 1.165) is 37.9 Å². The van der Waals surface area contributed by atoms with Gasteiger partial charge in [-0.05, 0) is 43.7 Å². The van der Waals surface area contributed by atoms with Gasteiger partial charge in [0.15, 0.2) is 6.29 Å². The first-order valence-electron chi connectivity index (χ1n) is 6.93. The second-order valence-corrected chi connectivity index (χ2v) is 4.78. The standard InChI is InChI=1S/C15H20N2O2/c16-11-13(14-5-3-8-17-12-14)6-4-10-19-15-7-1-2-9-18-15/h3,5,8,12-13,15H,1-2,4,6-7,9-10H2/t13-,15+/m1/s1. The highest BCUT2D eigenvalue weighted by Crippen LogP contribution is 2.20. The number of aromatic nitrogens is 1. The lowest BCUT2D eigenvalue weighted by atomic mass is 9.97. The highest BCUT2D eigenvalue weighted by atomic mass is 16.7. The number of rotatable bonds is 6. The molecule has 19 heavy (non-hydrogen) atoms.